The van der Waals surface area contributed by atoms with Gasteiger partial charge in [0.2, 0.25) is 0 Å². The maximum atomic E-state index is 4.75. The molecule has 0 aliphatic carbocycles. The van der Waals surface area contributed by atoms with E-state index in [1.54, 1.807) is 11.3 Å². The van der Waals surface area contributed by atoms with Crippen LogP contribution >= 0.6 is 11.3 Å². The summed E-state index contributed by atoms with van der Waals surface area (Å²) < 4.78 is 2.16. The molecule has 0 radical (unpaired) electrons. The summed E-state index contributed by atoms with van der Waals surface area (Å²) in [4.78, 5) is 4.75. The highest BCUT2D eigenvalue weighted by atomic mass is 32.1. The summed E-state index contributed by atoms with van der Waals surface area (Å²) in [5.74, 6) is 0. The molecule has 0 aliphatic rings. The van der Waals surface area contributed by atoms with Gasteiger partial charge in [-0.05, 0) is 13.1 Å². The molecule has 3 nitrogen and oxygen atoms in total. The van der Waals surface area contributed by atoms with Crippen LogP contribution in [-0.2, 0) is 13.5 Å². The molecule has 2 aromatic heterocycles. The Balaban J connectivity index is 2.02. The second kappa shape index (κ2) is 5.15. The smallest absolute Gasteiger partial charge is 0.0945 e. The third-order valence-corrected chi connectivity index (χ3v) is 4.22. The lowest BCUT2D eigenvalue weighted by molar-refractivity contribution is 0.788. The predicted octanol–water partition coefficient (Wildman–Crippen LogP) is 3.06. The van der Waals surface area contributed by atoms with E-state index in [-0.39, 0.29) is 0 Å². The van der Waals surface area contributed by atoms with Gasteiger partial charge in [0.05, 0.1) is 10.7 Å². The molecule has 0 atom stereocenters. The van der Waals surface area contributed by atoms with Gasteiger partial charge in [0.15, 0.2) is 0 Å². The van der Waals surface area contributed by atoms with Crippen molar-refractivity contribution in [1.82, 2.24) is 14.9 Å². The molecule has 0 unspecified atom stereocenters. The maximum absolute atomic E-state index is 4.75. The van der Waals surface area contributed by atoms with Crippen molar-refractivity contribution in [3.8, 4) is 11.3 Å². The largest absolute Gasteiger partial charge is 0.350 e. The van der Waals surface area contributed by atoms with Gasteiger partial charge in [0.1, 0.15) is 0 Å². The summed E-state index contributed by atoms with van der Waals surface area (Å²) in [6.45, 7) is 0.975. The number of likely N-dealkylation sites (N-methyl/N-ethyl adjacent to an activating group) is 1. The molecule has 0 spiro atoms. The van der Waals surface area contributed by atoms with Crippen molar-refractivity contribution in [2.75, 3.05) is 13.6 Å². The first kappa shape index (κ1) is 12.4. The molecule has 0 fully saturated rings. The lowest BCUT2D eigenvalue weighted by atomic mass is 10.1. The maximum Gasteiger partial charge on any atom is 0.0945 e. The molecule has 1 N–H and O–H groups in total. The number of nitrogens with zero attached hydrogens (tertiary/aromatic N) is 2. The topological polar surface area (TPSA) is 29.9 Å². The molecule has 0 saturated heterocycles. The molecule has 4 heteroatoms. The number of benzene rings is 1. The molecule has 3 aromatic rings. The first-order valence-electron chi connectivity index (χ1n) is 6.43. The Morgan fingerprint density at radius 2 is 2.16 bits per heavy atom. The highest BCUT2D eigenvalue weighted by molar-refractivity contribution is 7.10. The minimum absolute atomic E-state index is 0.975. The van der Waals surface area contributed by atoms with Crippen LogP contribution in [0.15, 0.2) is 35.8 Å². The minimum atomic E-state index is 0.975. The van der Waals surface area contributed by atoms with Gasteiger partial charge in [-0.2, -0.15) is 0 Å². The Labute approximate surface area is 116 Å². The summed E-state index contributed by atoms with van der Waals surface area (Å²) >= 11 is 1.74. The summed E-state index contributed by atoms with van der Waals surface area (Å²) in [5.41, 5.74) is 3.57. The Hall–Kier alpha value is -1.65. The molecule has 3 rings (SSSR count). The summed E-state index contributed by atoms with van der Waals surface area (Å²) in [5, 5.41) is 7.79. The van der Waals surface area contributed by atoms with E-state index < -0.39 is 0 Å². The molecular weight excluding hydrogens is 254 g/mol. The van der Waals surface area contributed by atoms with E-state index in [1.165, 1.54) is 21.5 Å². The fourth-order valence-corrected chi connectivity index (χ4v) is 3.13. The Bertz CT molecular complexity index is 696. The standard InChI is InChI=1S/C15H17N3S/c1-16-8-7-15-17-13(10-19-15)12-9-18(2)14-6-4-3-5-11(12)14/h3-6,9-10,16H,7-8H2,1-2H3. The van der Waals surface area contributed by atoms with E-state index in [2.05, 4.69) is 52.8 Å². The molecule has 0 aliphatic heterocycles. The van der Waals surface area contributed by atoms with Gasteiger partial charge in [-0.25, -0.2) is 4.98 Å². The molecular formula is C15H17N3S. The van der Waals surface area contributed by atoms with Gasteiger partial charge in [-0.1, -0.05) is 18.2 Å². The highest BCUT2D eigenvalue weighted by Gasteiger charge is 2.11. The normalized spacial score (nSPS) is 11.3. The summed E-state index contributed by atoms with van der Waals surface area (Å²) in [7, 11) is 4.05. The van der Waals surface area contributed by atoms with E-state index in [9.17, 15) is 0 Å². The number of aryl methyl sites for hydroxylation is 1. The zero-order chi connectivity index (χ0) is 13.2. The number of hydrogen-bond donors (Lipinski definition) is 1. The van der Waals surface area contributed by atoms with Gasteiger partial charge in [-0.15, -0.1) is 11.3 Å². The molecule has 0 bridgehead atoms. The molecule has 98 valence electrons. The first-order valence-corrected chi connectivity index (χ1v) is 7.31. The van der Waals surface area contributed by atoms with E-state index in [0.717, 1.165) is 18.7 Å². The van der Waals surface area contributed by atoms with Crippen molar-refractivity contribution in [3.05, 3.63) is 40.8 Å². The van der Waals surface area contributed by atoms with Crippen LogP contribution < -0.4 is 5.32 Å². The van der Waals surface area contributed by atoms with Crippen LogP contribution in [0.3, 0.4) is 0 Å². The second-order valence-electron chi connectivity index (χ2n) is 4.65. The summed E-state index contributed by atoms with van der Waals surface area (Å²) in [6, 6.07) is 8.47. The molecule has 2 heterocycles. The zero-order valence-electron chi connectivity index (χ0n) is 11.2. The van der Waals surface area contributed by atoms with Gasteiger partial charge < -0.3 is 9.88 Å². The molecule has 0 amide bonds. The number of hydrogen-bond acceptors (Lipinski definition) is 3. The van der Waals surface area contributed by atoms with E-state index in [0.29, 0.717) is 0 Å². The van der Waals surface area contributed by atoms with E-state index in [4.69, 9.17) is 4.98 Å². The zero-order valence-corrected chi connectivity index (χ0v) is 12.0. The van der Waals surface area contributed by atoms with E-state index in [1.807, 2.05) is 7.05 Å². The lowest BCUT2D eigenvalue weighted by Gasteiger charge is -1.95. The SMILES string of the molecule is CNCCc1nc(-c2cn(C)c3ccccc23)cs1. The lowest BCUT2D eigenvalue weighted by Crippen LogP contribution is -2.09. The van der Waals surface area contributed by atoms with E-state index >= 15 is 0 Å². The van der Waals surface area contributed by atoms with Crippen LogP contribution in [0.1, 0.15) is 5.01 Å². The van der Waals surface area contributed by atoms with Crippen LogP contribution in [-0.4, -0.2) is 23.1 Å². The number of rotatable bonds is 4. The summed E-state index contributed by atoms with van der Waals surface area (Å²) in [6.07, 6.45) is 3.16. The van der Waals surface area contributed by atoms with Crippen LogP contribution in [0.5, 0.6) is 0 Å². The van der Waals surface area contributed by atoms with Crippen molar-refractivity contribution in [3.63, 3.8) is 0 Å². The van der Waals surface area contributed by atoms with Crippen molar-refractivity contribution >= 4 is 22.2 Å². The van der Waals surface area contributed by atoms with Gasteiger partial charge in [0.25, 0.3) is 0 Å². The third-order valence-electron chi connectivity index (χ3n) is 3.31. The fourth-order valence-electron chi connectivity index (χ4n) is 2.33. The van der Waals surface area contributed by atoms with Crippen LogP contribution in [0.4, 0.5) is 0 Å². The number of aromatic nitrogens is 2. The molecule has 19 heavy (non-hydrogen) atoms. The van der Waals surface area contributed by atoms with Crippen LogP contribution in [0, 0.1) is 0 Å². The second-order valence-corrected chi connectivity index (χ2v) is 5.59. The van der Waals surface area contributed by atoms with Crippen LogP contribution in [0.25, 0.3) is 22.2 Å². The predicted molar refractivity (Wildman–Crippen MR) is 81.7 cm³/mol. The molecule has 1 aromatic carbocycles. The third kappa shape index (κ3) is 2.29. The number of thiazole rings is 1. The van der Waals surface area contributed by atoms with Crippen LogP contribution in [0.2, 0.25) is 0 Å². The first-order chi connectivity index (χ1) is 9.29. The molecule has 0 saturated carbocycles. The fraction of sp³-hybridized carbons (Fsp3) is 0.267. The Morgan fingerprint density at radius 3 is 3.00 bits per heavy atom. The quantitative estimate of drug-likeness (QED) is 0.790. The number of fused-ring (bicyclic) bond motifs is 1. The average molecular weight is 271 g/mol. The average Bonchev–Trinajstić information content (AvgIpc) is 3.02. The van der Waals surface area contributed by atoms with Crippen molar-refractivity contribution in [2.45, 2.75) is 6.42 Å². The minimum Gasteiger partial charge on any atom is -0.350 e. The van der Waals surface area contributed by atoms with Crippen molar-refractivity contribution < 1.29 is 0 Å². The monoisotopic (exact) mass is 271 g/mol. The van der Waals surface area contributed by atoms with Gasteiger partial charge in [-0.3, -0.25) is 0 Å². The van der Waals surface area contributed by atoms with Gasteiger partial charge >= 0.3 is 0 Å². The Kier molecular flexibility index (Phi) is 3.36. The number of nitrogens with one attached hydrogen (secondary N) is 1. The Morgan fingerprint density at radius 1 is 1.32 bits per heavy atom. The van der Waals surface area contributed by atoms with Crippen molar-refractivity contribution in [2.24, 2.45) is 7.05 Å². The van der Waals surface area contributed by atoms with Crippen molar-refractivity contribution in [1.29, 1.82) is 0 Å². The van der Waals surface area contributed by atoms with Gasteiger partial charge in [0, 0.05) is 48.1 Å². The number of para-hydroxylation sites is 1. The highest BCUT2D eigenvalue weighted by Crippen LogP contribution is 2.30.